The molecule has 0 N–H and O–H groups in total. The number of ether oxygens (including phenoxy) is 1. The van der Waals surface area contributed by atoms with Crippen molar-refractivity contribution >= 4 is 5.97 Å². The van der Waals surface area contributed by atoms with Crippen molar-refractivity contribution in [1.82, 2.24) is 14.9 Å². The van der Waals surface area contributed by atoms with E-state index >= 15 is 0 Å². The van der Waals surface area contributed by atoms with Crippen LogP contribution >= 0.6 is 0 Å². The predicted octanol–water partition coefficient (Wildman–Crippen LogP) is 3.24. The van der Waals surface area contributed by atoms with Crippen molar-refractivity contribution in [2.75, 3.05) is 0 Å². The van der Waals surface area contributed by atoms with Crippen LogP contribution in [0.4, 0.5) is 17.6 Å². The molecule has 0 amide bonds. The number of esters is 1. The summed E-state index contributed by atoms with van der Waals surface area (Å²) in [6.07, 6.45) is -2.26. The van der Waals surface area contributed by atoms with Crippen LogP contribution in [0.2, 0.25) is 0 Å². The van der Waals surface area contributed by atoms with Gasteiger partial charge >= 0.3 is 12.1 Å². The SMILES string of the molecule is O=C(Oc1cnn(-c2cccc(F)c2)c1C(F)(F)F)c1cnoc1. The van der Waals surface area contributed by atoms with Gasteiger partial charge in [-0.1, -0.05) is 11.2 Å². The van der Waals surface area contributed by atoms with Crippen LogP contribution in [0.1, 0.15) is 16.1 Å². The second kappa shape index (κ2) is 5.80. The summed E-state index contributed by atoms with van der Waals surface area (Å²) in [5.41, 5.74) is -1.69. The Morgan fingerprint density at radius 3 is 2.67 bits per heavy atom. The maximum absolute atomic E-state index is 13.3. The zero-order valence-electron chi connectivity index (χ0n) is 11.6. The molecule has 3 aromatic rings. The van der Waals surface area contributed by atoms with Gasteiger partial charge in [0, 0.05) is 0 Å². The highest BCUT2D eigenvalue weighted by atomic mass is 19.4. The van der Waals surface area contributed by atoms with E-state index in [2.05, 4.69) is 14.8 Å². The Bertz CT molecular complexity index is 872. The molecule has 6 nitrogen and oxygen atoms in total. The Kier molecular flexibility index (Phi) is 3.80. The number of nitrogens with zero attached hydrogens (tertiary/aromatic N) is 3. The Labute approximate surface area is 131 Å². The fraction of sp³-hybridized carbons (Fsp3) is 0.0714. The van der Waals surface area contributed by atoms with Crippen LogP contribution in [0.15, 0.2) is 47.4 Å². The molecule has 0 bridgehead atoms. The van der Waals surface area contributed by atoms with Crippen molar-refractivity contribution in [3.8, 4) is 11.4 Å². The molecule has 1 aromatic carbocycles. The molecule has 0 atom stereocenters. The third-order valence-electron chi connectivity index (χ3n) is 2.93. The van der Waals surface area contributed by atoms with Crippen molar-refractivity contribution in [2.45, 2.75) is 6.18 Å². The minimum absolute atomic E-state index is 0.165. The Morgan fingerprint density at radius 1 is 1.25 bits per heavy atom. The normalized spacial score (nSPS) is 11.5. The number of carbonyl (C=O) groups is 1. The number of carbonyl (C=O) groups excluding carboxylic acids is 1. The van der Waals surface area contributed by atoms with Crippen LogP contribution in [-0.4, -0.2) is 20.9 Å². The summed E-state index contributed by atoms with van der Waals surface area (Å²) in [5, 5.41) is 6.80. The molecule has 0 aliphatic rings. The molecule has 0 aliphatic heterocycles. The number of hydrogen-bond acceptors (Lipinski definition) is 5. The van der Waals surface area contributed by atoms with Gasteiger partial charge in [-0.2, -0.15) is 18.3 Å². The molecule has 2 heterocycles. The number of rotatable bonds is 3. The molecular weight excluding hydrogens is 334 g/mol. The van der Waals surface area contributed by atoms with Crippen LogP contribution in [0.5, 0.6) is 5.75 Å². The van der Waals surface area contributed by atoms with E-state index in [0.717, 1.165) is 30.8 Å². The van der Waals surface area contributed by atoms with Gasteiger partial charge in [0.2, 0.25) is 0 Å². The molecule has 0 saturated heterocycles. The number of aromatic nitrogens is 3. The standard InChI is InChI=1S/C14H7F4N3O3/c15-9-2-1-3-10(4-9)21-12(14(16,17)18)11(6-19-21)24-13(22)8-5-20-23-7-8/h1-7H. The minimum Gasteiger partial charge on any atom is -0.419 e. The van der Waals surface area contributed by atoms with E-state index < -0.39 is 29.4 Å². The van der Waals surface area contributed by atoms with Gasteiger partial charge in [-0.3, -0.25) is 0 Å². The second-order valence-corrected chi connectivity index (χ2v) is 4.55. The third-order valence-corrected chi connectivity index (χ3v) is 2.93. The maximum atomic E-state index is 13.3. The van der Waals surface area contributed by atoms with Crippen LogP contribution in [0.3, 0.4) is 0 Å². The molecular formula is C14H7F4N3O3. The number of benzene rings is 1. The van der Waals surface area contributed by atoms with Gasteiger partial charge in [0.1, 0.15) is 17.6 Å². The van der Waals surface area contributed by atoms with E-state index in [-0.39, 0.29) is 11.3 Å². The smallest absolute Gasteiger partial charge is 0.419 e. The van der Waals surface area contributed by atoms with E-state index in [4.69, 9.17) is 4.74 Å². The summed E-state index contributed by atoms with van der Waals surface area (Å²) in [6.45, 7) is 0. The van der Waals surface area contributed by atoms with Gasteiger partial charge < -0.3 is 9.26 Å². The van der Waals surface area contributed by atoms with E-state index in [1.165, 1.54) is 12.1 Å². The predicted molar refractivity (Wildman–Crippen MR) is 70.0 cm³/mol. The lowest BCUT2D eigenvalue weighted by Gasteiger charge is -2.12. The maximum Gasteiger partial charge on any atom is 0.437 e. The summed E-state index contributed by atoms with van der Waals surface area (Å²) in [7, 11) is 0. The Morgan fingerprint density at radius 2 is 2.04 bits per heavy atom. The van der Waals surface area contributed by atoms with Gasteiger partial charge in [-0.05, 0) is 18.2 Å². The second-order valence-electron chi connectivity index (χ2n) is 4.55. The molecule has 2 aromatic heterocycles. The zero-order chi connectivity index (χ0) is 17.3. The quantitative estimate of drug-likeness (QED) is 0.540. The summed E-state index contributed by atoms with van der Waals surface area (Å²) < 4.78 is 62.9. The van der Waals surface area contributed by atoms with Gasteiger partial charge in [-0.25, -0.2) is 13.9 Å². The first kappa shape index (κ1) is 15.7. The molecule has 0 saturated carbocycles. The van der Waals surface area contributed by atoms with Crippen molar-refractivity contribution in [3.63, 3.8) is 0 Å². The average molecular weight is 341 g/mol. The Hall–Kier alpha value is -3.17. The van der Waals surface area contributed by atoms with Crippen molar-refractivity contribution in [1.29, 1.82) is 0 Å². The summed E-state index contributed by atoms with van der Waals surface area (Å²) in [6, 6.07) is 4.41. The first-order valence-corrected chi connectivity index (χ1v) is 6.39. The monoisotopic (exact) mass is 341 g/mol. The number of halogens is 4. The molecule has 0 radical (unpaired) electrons. The first-order valence-electron chi connectivity index (χ1n) is 6.39. The van der Waals surface area contributed by atoms with E-state index in [1.807, 2.05) is 0 Å². The van der Waals surface area contributed by atoms with Crippen LogP contribution < -0.4 is 4.74 Å². The molecule has 3 rings (SSSR count). The lowest BCUT2D eigenvalue weighted by atomic mass is 10.3. The fourth-order valence-electron chi connectivity index (χ4n) is 1.94. The lowest BCUT2D eigenvalue weighted by Crippen LogP contribution is -2.17. The van der Waals surface area contributed by atoms with Gasteiger partial charge in [-0.15, -0.1) is 0 Å². The Balaban J connectivity index is 2.03. The van der Waals surface area contributed by atoms with E-state index in [9.17, 15) is 22.4 Å². The van der Waals surface area contributed by atoms with Gasteiger partial charge in [0.15, 0.2) is 11.4 Å². The largest absolute Gasteiger partial charge is 0.437 e. The molecule has 10 heteroatoms. The minimum atomic E-state index is -4.90. The topological polar surface area (TPSA) is 70.2 Å². The molecule has 0 aliphatic carbocycles. The van der Waals surface area contributed by atoms with Crippen molar-refractivity contribution < 1.29 is 31.6 Å². The van der Waals surface area contributed by atoms with Gasteiger partial charge in [0.25, 0.3) is 0 Å². The lowest BCUT2D eigenvalue weighted by molar-refractivity contribution is -0.143. The molecule has 124 valence electrons. The molecule has 24 heavy (non-hydrogen) atoms. The summed E-state index contributed by atoms with van der Waals surface area (Å²) in [5.74, 6) is -2.65. The number of hydrogen-bond donors (Lipinski definition) is 0. The third kappa shape index (κ3) is 2.98. The average Bonchev–Trinajstić information content (AvgIpc) is 3.16. The van der Waals surface area contributed by atoms with E-state index in [0.29, 0.717) is 4.68 Å². The summed E-state index contributed by atoms with van der Waals surface area (Å²) >= 11 is 0. The zero-order valence-corrected chi connectivity index (χ0v) is 11.6. The van der Waals surface area contributed by atoms with Crippen LogP contribution in [0.25, 0.3) is 5.69 Å². The highest BCUT2D eigenvalue weighted by molar-refractivity contribution is 5.90. The van der Waals surface area contributed by atoms with Crippen molar-refractivity contribution in [2.24, 2.45) is 0 Å². The van der Waals surface area contributed by atoms with Gasteiger partial charge in [0.05, 0.1) is 18.1 Å². The molecule has 0 spiro atoms. The molecule has 0 unspecified atom stereocenters. The number of alkyl halides is 3. The van der Waals surface area contributed by atoms with E-state index in [1.54, 1.807) is 0 Å². The van der Waals surface area contributed by atoms with Crippen LogP contribution in [0, 0.1) is 5.82 Å². The first-order chi connectivity index (χ1) is 11.4. The molecule has 0 fully saturated rings. The summed E-state index contributed by atoms with van der Waals surface area (Å²) in [4.78, 5) is 11.8. The van der Waals surface area contributed by atoms with Crippen LogP contribution in [-0.2, 0) is 6.18 Å². The fourth-order valence-corrected chi connectivity index (χ4v) is 1.94. The van der Waals surface area contributed by atoms with Crippen molar-refractivity contribution in [3.05, 3.63) is 60.0 Å². The highest BCUT2D eigenvalue weighted by Crippen LogP contribution is 2.37. The highest BCUT2D eigenvalue weighted by Gasteiger charge is 2.40.